The summed E-state index contributed by atoms with van der Waals surface area (Å²) in [7, 11) is 0. The molecule has 1 aliphatic rings. The smallest absolute Gasteiger partial charge is 0.123 e. The van der Waals surface area contributed by atoms with Crippen LogP contribution < -0.4 is 5.73 Å². The van der Waals surface area contributed by atoms with Crippen LogP contribution in [-0.2, 0) is 0 Å². The Morgan fingerprint density at radius 2 is 1.94 bits per heavy atom. The molecular formula is C14H20FNO. The topological polar surface area (TPSA) is 46.2 Å². The third-order valence-corrected chi connectivity index (χ3v) is 3.73. The standard InChI is InChI=1S/C14H20FNO/c15-12-8-4-7-11(9-12)13(16)14(17)10-5-2-1-3-6-10/h4,7-10,13-14,17H,1-3,5-6,16H2/t13-,14+/m1/s1. The lowest BCUT2D eigenvalue weighted by Crippen LogP contribution is -2.34. The second kappa shape index (κ2) is 5.61. The van der Waals surface area contributed by atoms with Crippen LogP contribution >= 0.6 is 0 Å². The summed E-state index contributed by atoms with van der Waals surface area (Å²) in [5.41, 5.74) is 6.70. The Balaban J connectivity index is 2.05. The molecule has 1 aromatic carbocycles. The van der Waals surface area contributed by atoms with E-state index in [9.17, 15) is 9.50 Å². The van der Waals surface area contributed by atoms with E-state index < -0.39 is 12.1 Å². The van der Waals surface area contributed by atoms with Crippen LogP contribution in [0.1, 0.15) is 43.7 Å². The molecule has 0 radical (unpaired) electrons. The maximum Gasteiger partial charge on any atom is 0.123 e. The summed E-state index contributed by atoms with van der Waals surface area (Å²) in [6.07, 6.45) is 5.08. The molecule has 1 fully saturated rings. The number of nitrogens with two attached hydrogens (primary N) is 1. The van der Waals surface area contributed by atoms with Gasteiger partial charge >= 0.3 is 0 Å². The molecule has 0 aliphatic heterocycles. The molecule has 0 amide bonds. The first-order valence-corrected chi connectivity index (χ1v) is 6.37. The Morgan fingerprint density at radius 3 is 2.59 bits per heavy atom. The fraction of sp³-hybridized carbons (Fsp3) is 0.571. The summed E-state index contributed by atoms with van der Waals surface area (Å²) in [6, 6.07) is 5.74. The summed E-state index contributed by atoms with van der Waals surface area (Å²) < 4.78 is 13.1. The SMILES string of the molecule is N[C@H](c1cccc(F)c1)[C@@H](O)C1CCCCC1. The summed E-state index contributed by atoms with van der Waals surface area (Å²) in [4.78, 5) is 0. The summed E-state index contributed by atoms with van der Waals surface area (Å²) >= 11 is 0. The van der Waals surface area contributed by atoms with Crippen molar-refractivity contribution in [3.8, 4) is 0 Å². The van der Waals surface area contributed by atoms with Gasteiger partial charge < -0.3 is 10.8 Å². The minimum atomic E-state index is -0.558. The first-order chi connectivity index (χ1) is 8.18. The zero-order valence-electron chi connectivity index (χ0n) is 9.98. The van der Waals surface area contributed by atoms with Crippen LogP contribution in [0.25, 0.3) is 0 Å². The van der Waals surface area contributed by atoms with Gasteiger partial charge in [-0.2, -0.15) is 0 Å². The maximum absolute atomic E-state index is 13.1. The van der Waals surface area contributed by atoms with Crippen molar-refractivity contribution in [3.63, 3.8) is 0 Å². The van der Waals surface area contributed by atoms with Crippen LogP contribution in [-0.4, -0.2) is 11.2 Å². The molecular weight excluding hydrogens is 217 g/mol. The van der Waals surface area contributed by atoms with Crippen molar-refractivity contribution in [3.05, 3.63) is 35.6 Å². The molecule has 2 rings (SSSR count). The number of rotatable bonds is 3. The molecule has 94 valence electrons. The first kappa shape index (κ1) is 12.5. The van der Waals surface area contributed by atoms with Crippen molar-refractivity contribution in [2.24, 2.45) is 11.7 Å². The normalized spacial score (nSPS) is 21.1. The van der Waals surface area contributed by atoms with E-state index in [2.05, 4.69) is 0 Å². The van der Waals surface area contributed by atoms with Crippen molar-refractivity contribution in [1.29, 1.82) is 0 Å². The molecule has 17 heavy (non-hydrogen) atoms. The molecule has 2 atom stereocenters. The lowest BCUT2D eigenvalue weighted by Gasteiger charge is -2.30. The molecule has 0 aromatic heterocycles. The van der Waals surface area contributed by atoms with Gasteiger partial charge in [-0.1, -0.05) is 31.4 Å². The van der Waals surface area contributed by atoms with Crippen molar-refractivity contribution >= 4 is 0 Å². The Morgan fingerprint density at radius 1 is 1.24 bits per heavy atom. The molecule has 0 saturated heterocycles. The maximum atomic E-state index is 13.1. The van der Waals surface area contributed by atoms with Crippen LogP contribution in [0, 0.1) is 11.7 Å². The van der Waals surface area contributed by atoms with E-state index in [1.807, 2.05) is 0 Å². The van der Waals surface area contributed by atoms with E-state index in [1.54, 1.807) is 12.1 Å². The highest BCUT2D eigenvalue weighted by Crippen LogP contribution is 2.31. The van der Waals surface area contributed by atoms with E-state index in [1.165, 1.54) is 18.6 Å². The Hall–Kier alpha value is -0.930. The Labute approximate surface area is 102 Å². The minimum Gasteiger partial charge on any atom is -0.391 e. The van der Waals surface area contributed by atoms with Gasteiger partial charge in [0.05, 0.1) is 12.1 Å². The van der Waals surface area contributed by atoms with Crippen LogP contribution in [0.4, 0.5) is 4.39 Å². The van der Waals surface area contributed by atoms with E-state index in [0.29, 0.717) is 5.56 Å². The molecule has 0 bridgehead atoms. The fourth-order valence-corrected chi connectivity index (χ4v) is 2.68. The number of hydrogen-bond donors (Lipinski definition) is 2. The van der Waals surface area contributed by atoms with Crippen LogP contribution in [0.3, 0.4) is 0 Å². The molecule has 0 heterocycles. The van der Waals surface area contributed by atoms with E-state index in [4.69, 9.17) is 5.73 Å². The second-order valence-electron chi connectivity index (χ2n) is 4.97. The van der Waals surface area contributed by atoms with Crippen molar-refractivity contribution in [2.75, 3.05) is 0 Å². The van der Waals surface area contributed by atoms with Gasteiger partial charge in [0.15, 0.2) is 0 Å². The number of halogens is 1. The largest absolute Gasteiger partial charge is 0.391 e. The molecule has 3 heteroatoms. The second-order valence-corrected chi connectivity index (χ2v) is 4.97. The van der Waals surface area contributed by atoms with Crippen molar-refractivity contribution < 1.29 is 9.50 Å². The predicted molar refractivity (Wildman–Crippen MR) is 65.9 cm³/mol. The van der Waals surface area contributed by atoms with Crippen molar-refractivity contribution in [1.82, 2.24) is 0 Å². The zero-order chi connectivity index (χ0) is 12.3. The van der Waals surface area contributed by atoms with E-state index >= 15 is 0 Å². The monoisotopic (exact) mass is 237 g/mol. The molecule has 1 aliphatic carbocycles. The number of hydrogen-bond acceptors (Lipinski definition) is 2. The third-order valence-electron chi connectivity index (χ3n) is 3.73. The third kappa shape index (κ3) is 3.05. The zero-order valence-corrected chi connectivity index (χ0v) is 9.98. The molecule has 0 spiro atoms. The predicted octanol–water partition coefficient (Wildman–Crippen LogP) is 2.77. The van der Waals surface area contributed by atoms with Crippen molar-refractivity contribution in [2.45, 2.75) is 44.2 Å². The highest BCUT2D eigenvalue weighted by Gasteiger charge is 2.27. The summed E-state index contributed by atoms with van der Waals surface area (Å²) in [5.74, 6) is -0.0317. The number of aliphatic hydroxyl groups excluding tert-OH is 1. The van der Waals surface area contributed by atoms with Gasteiger partial charge in [0.1, 0.15) is 5.82 Å². The van der Waals surface area contributed by atoms with Crippen LogP contribution in [0.2, 0.25) is 0 Å². The highest BCUT2D eigenvalue weighted by molar-refractivity contribution is 5.21. The number of benzene rings is 1. The van der Waals surface area contributed by atoms with Gasteiger partial charge in [0.25, 0.3) is 0 Å². The lowest BCUT2D eigenvalue weighted by molar-refractivity contribution is 0.0617. The van der Waals surface area contributed by atoms with Gasteiger partial charge in [-0.15, -0.1) is 0 Å². The summed E-state index contributed by atoms with van der Waals surface area (Å²) in [5, 5.41) is 10.2. The lowest BCUT2D eigenvalue weighted by atomic mass is 9.81. The van der Waals surface area contributed by atoms with Crippen LogP contribution in [0.5, 0.6) is 0 Å². The molecule has 1 aromatic rings. The first-order valence-electron chi connectivity index (χ1n) is 6.37. The molecule has 1 saturated carbocycles. The average Bonchev–Trinajstić information content (AvgIpc) is 2.38. The fourth-order valence-electron chi connectivity index (χ4n) is 2.68. The Kier molecular flexibility index (Phi) is 4.13. The van der Waals surface area contributed by atoms with Gasteiger partial charge in [0, 0.05) is 0 Å². The minimum absolute atomic E-state index is 0.266. The molecule has 2 nitrogen and oxygen atoms in total. The van der Waals surface area contributed by atoms with Gasteiger partial charge in [-0.3, -0.25) is 0 Å². The van der Waals surface area contributed by atoms with Crippen LogP contribution in [0.15, 0.2) is 24.3 Å². The number of aliphatic hydroxyl groups is 1. The molecule has 0 unspecified atom stereocenters. The Bertz CT molecular complexity index is 363. The van der Waals surface area contributed by atoms with Gasteiger partial charge in [-0.05, 0) is 36.5 Å². The summed E-state index contributed by atoms with van der Waals surface area (Å²) in [6.45, 7) is 0. The average molecular weight is 237 g/mol. The van der Waals surface area contributed by atoms with E-state index in [0.717, 1.165) is 25.7 Å². The van der Waals surface area contributed by atoms with E-state index in [-0.39, 0.29) is 11.7 Å². The highest BCUT2D eigenvalue weighted by atomic mass is 19.1. The quantitative estimate of drug-likeness (QED) is 0.849. The van der Waals surface area contributed by atoms with Gasteiger partial charge in [0.2, 0.25) is 0 Å². The molecule has 3 N–H and O–H groups in total. The van der Waals surface area contributed by atoms with Gasteiger partial charge in [-0.25, -0.2) is 4.39 Å².